The van der Waals surface area contributed by atoms with Crippen LogP contribution in [0.3, 0.4) is 0 Å². The van der Waals surface area contributed by atoms with Gasteiger partial charge in [-0.2, -0.15) is 0 Å². The maximum atomic E-state index is 12.0. The van der Waals surface area contributed by atoms with Crippen LogP contribution in [0.4, 0.5) is 4.79 Å². The molecule has 1 N–H and O–H groups in total. The summed E-state index contributed by atoms with van der Waals surface area (Å²) < 4.78 is 4.69. The van der Waals surface area contributed by atoms with E-state index in [-0.39, 0.29) is 6.42 Å². The van der Waals surface area contributed by atoms with Crippen LogP contribution in [0.5, 0.6) is 0 Å². The number of nitrogens with zero attached hydrogens (tertiary/aromatic N) is 3. The van der Waals surface area contributed by atoms with Crippen LogP contribution in [0.25, 0.3) is 0 Å². The van der Waals surface area contributed by atoms with Crippen molar-refractivity contribution in [1.29, 1.82) is 0 Å². The van der Waals surface area contributed by atoms with E-state index in [1.165, 1.54) is 16.7 Å². The zero-order valence-electron chi connectivity index (χ0n) is 13.7. The molecule has 1 aliphatic rings. The Kier molecular flexibility index (Phi) is 4.84. The molecular formula is C15H21N3O4S. The van der Waals surface area contributed by atoms with Gasteiger partial charge in [0.05, 0.1) is 11.2 Å². The maximum Gasteiger partial charge on any atom is 0.410 e. The molecule has 0 unspecified atom stereocenters. The quantitative estimate of drug-likeness (QED) is 0.842. The Bertz CT molecular complexity index is 609. The number of hydrogen-bond acceptors (Lipinski definition) is 6. The fourth-order valence-corrected chi connectivity index (χ4v) is 3.59. The Morgan fingerprint density at radius 1 is 1.43 bits per heavy atom. The molecule has 1 aromatic rings. The van der Waals surface area contributed by atoms with Crippen molar-refractivity contribution in [2.45, 2.75) is 49.6 Å². The average molecular weight is 339 g/mol. The van der Waals surface area contributed by atoms with Crippen LogP contribution in [0.15, 0.2) is 17.4 Å². The van der Waals surface area contributed by atoms with Gasteiger partial charge in [-0.1, -0.05) is 11.8 Å². The number of thioether (sulfide) groups is 1. The molecule has 1 amide bonds. The number of carboxylic acids is 1. The minimum absolute atomic E-state index is 0.0612. The summed E-state index contributed by atoms with van der Waals surface area (Å²) in [6.07, 6.45) is 1.15. The summed E-state index contributed by atoms with van der Waals surface area (Å²) in [7, 11) is 0. The van der Waals surface area contributed by atoms with Crippen LogP contribution in [0.2, 0.25) is 0 Å². The molecule has 2 rings (SSSR count). The Morgan fingerprint density at radius 2 is 2.09 bits per heavy atom. The fourth-order valence-electron chi connectivity index (χ4n) is 2.26. The fraction of sp³-hybridized carbons (Fsp3) is 0.600. The Morgan fingerprint density at radius 3 is 2.61 bits per heavy atom. The number of amides is 1. The summed E-state index contributed by atoms with van der Waals surface area (Å²) in [6, 6.07) is 1.78. The average Bonchev–Trinajstić information content (AvgIpc) is 2.32. The van der Waals surface area contributed by atoms with Crippen LogP contribution >= 0.6 is 11.8 Å². The molecule has 0 bridgehead atoms. The second-order valence-electron chi connectivity index (χ2n) is 6.67. The van der Waals surface area contributed by atoms with Crippen molar-refractivity contribution < 1.29 is 19.4 Å². The highest BCUT2D eigenvalue weighted by Crippen LogP contribution is 2.42. The third-order valence-corrected chi connectivity index (χ3v) is 4.38. The maximum absolute atomic E-state index is 12.0. The van der Waals surface area contributed by atoms with Crippen molar-refractivity contribution in [3.8, 4) is 0 Å². The van der Waals surface area contributed by atoms with Crippen molar-refractivity contribution in [3.05, 3.63) is 18.0 Å². The molecule has 23 heavy (non-hydrogen) atoms. The molecule has 8 heteroatoms. The standard InChI is InChI=1S/C15H21N3O4S/c1-10-5-6-16-12(17-10)23-15(7-11(19)20)8-18(9-15)13(21)22-14(2,3)4/h5-6H,7-9H2,1-4H3,(H,19,20). The number of aromatic nitrogens is 2. The van der Waals surface area contributed by atoms with E-state index in [4.69, 9.17) is 9.84 Å². The third kappa shape index (κ3) is 4.82. The van der Waals surface area contributed by atoms with Crippen molar-refractivity contribution in [1.82, 2.24) is 14.9 Å². The lowest BCUT2D eigenvalue weighted by molar-refractivity contribution is -0.138. The van der Waals surface area contributed by atoms with Gasteiger partial charge in [-0.25, -0.2) is 14.8 Å². The van der Waals surface area contributed by atoms with Gasteiger partial charge in [-0.05, 0) is 33.8 Å². The van der Waals surface area contributed by atoms with E-state index in [1.807, 2.05) is 6.92 Å². The second-order valence-corrected chi connectivity index (χ2v) is 8.11. The minimum atomic E-state index is -0.908. The first-order chi connectivity index (χ1) is 10.6. The first-order valence-electron chi connectivity index (χ1n) is 7.27. The molecule has 1 saturated heterocycles. The highest BCUT2D eigenvalue weighted by atomic mass is 32.2. The molecule has 1 fully saturated rings. The lowest BCUT2D eigenvalue weighted by atomic mass is 9.95. The second kappa shape index (κ2) is 6.35. The summed E-state index contributed by atoms with van der Waals surface area (Å²) in [4.78, 5) is 33.2. The lowest BCUT2D eigenvalue weighted by Crippen LogP contribution is -2.62. The Balaban J connectivity index is 2.06. The number of carbonyl (C=O) groups is 2. The summed E-state index contributed by atoms with van der Waals surface area (Å²) in [6.45, 7) is 7.84. The summed E-state index contributed by atoms with van der Waals surface area (Å²) in [5.74, 6) is -0.908. The van der Waals surface area contributed by atoms with E-state index in [0.717, 1.165) is 5.69 Å². The van der Waals surface area contributed by atoms with Crippen LogP contribution in [-0.2, 0) is 9.53 Å². The molecular weight excluding hydrogens is 318 g/mol. The van der Waals surface area contributed by atoms with Gasteiger partial charge in [0.2, 0.25) is 0 Å². The van der Waals surface area contributed by atoms with E-state index in [0.29, 0.717) is 18.2 Å². The highest BCUT2D eigenvalue weighted by molar-refractivity contribution is 8.00. The molecule has 7 nitrogen and oxygen atoms in total. The molecule has 1 aliphatic heterocycles. The van der Waals surface area contributed by atoms with Gasteiger partial charge in [0, 0.05) is 25.0 Å². The van der Waals surface area contributed by atoms with E-state index < -0.39 is 22.4 Å². The molecule has 0 aromatic carbocycles. The van der Waals surface area contributed by atoms with Gasteiger partial charge >= 0.3 is 12.1 Å². The molecule has 0 aliphatic carbocycles. The van der Waals surface area contributed by atoms with Gasteiger partial charge in [-0.3, -0.25) is 4.79 Å². The first-order valence-corrected chi connectivity index (χ1v) is 8.09. The number of hydrogen-bond donors (Lipinski definition) is 1. The zero-order valence-corrected chi connectivity index (χ0v) is 14.5. The predicted octanol–water partition coefficient (Wildman–Crippen LogP) is 2.34. The molecule has 126 valence electrons. The number of likely N-dealkylation sites (tertiary alicyclic amines) is 1. The predicted molar refractivity (Wildman–Crippen MR) is 85.4 cm³/mol. The van der Waals surface area contributed by atoms with Crippen LogP contribution in [0, 0.1) is 6.92 Å². The van der Waals surface area contributed by atoms with Gasteiger partial charge < -0.3 is 14.7 Å². The smallest absolute Gasteiger partial charge is 0.410 e. The highest BCUT2D eigenvalue weighted by Gasteiger charge is 2.49. The van der Waals surface area contributed by atoms with Gasteiger partial charge in [-0.15, -0.1) is 0 Å². The van der Waals surface area contributed by atoms with Crippen molar-refractivity contribution in [2.24, 2.45) is 0 Å². The molecule has 0 spiro atoms. The van der Waals surface area contributed by atoms with E-state index in [9.17, 15) is 9.59 Å². The topological polar surface area (TPSA) is 92.6 Å². The number of carboxylic acid groups (broad SMARTS) is 1. The van der Waals surface area contributed by atoms with Gasteiger partial charge in [0.15, 0.2) is 5.16 Å². The lowest BCUT2D eigenvalue weighted by Gasteiger charge is -2.48. The summed E-state index contributed by atoms with van der Waals surface area (Å²) in [5.41, 5.74) is 0.242. The van der Waals surface area contributed by atoms with Crippen molar-refractivity contribution >= 4 is 23.8 Å². The number of aliphatic carboxylic acids is 1. The number of aryl methyl sites for hydroxylation is 1. The largest absolute Gasteiger partial charge is 0.481 e. The summed E-state index contributed by atoms with van der Waals surface area (Å²) in [5, 5.41) is 9.69. The van der Waals surface area contributed by atoms with Gasteiger partial charge in [0.1, 0.15) is 5.60 Å². The van der Waals surface area contributed by atoms with Crippen molar-refractivity contribution in [2.75, 3.05) is 13.1 Å². The van der Waals surface area contributed by atoms with Crippen LogP contribution < -0.4 is 0 Å². The molecule has 1 aromatic heterocycles. The van der Waals surface area contributed by atoms with Crippen molar-refractivity contribution in [3.63, 3.8) is 0 Å². The minimum Gasteiger partial charge on any atom is -0.481 e. The normalized spacial score (nSPS) is 16.6. The molecule has 2 heterocycles. The van der Waals surface area contributed by atoms with Crippen LogP contribution in [-0.4, -0.2) is 55.5 Å². The zero-order chi connectivity index (χ0) is 17.3. The number of ether oxygens (including phenoxy) is 1. The monoisotopic (exact) mass is 339 g/mol. The van der Waals surface area contributed by atoms with E-state index >= 15 is 0 Å². The molecule has 0 radical (unpaired) electrons. The first kappa shape index (κ1) is 17.5. The van der Waals surface area contributed by atoms with E-state index in [1.54, 1.807) is 33.0 Å². The Hall–Kier alpha value is -1.83. The summed E-state index contributed by atoms with van der Waals surface area (Å²) >= 11 is 1.31. The van der Waals surface area contributed by atoms with E-state index in [2.05, 4.69) is 9.97 Å². The number of rotatable bonds is 4. The van der Waals surface area contributed by atoms with Gasteiger partial charge in [0.25, 0.3) is 0 Å². The third-order valence-electron chi connectivity index (χ3n) is 3.16. The molecule has 0 saturated carbocycles. The SMILES string of the molecule is Cc1ccnc(SC2(CC(=O)O)CN(C(=O)OC(C)(C)C)C2)n1. The number of carbonyl (C=O) groups excluding carboxylic acids is 1. The van der Waals surface area contributed by atoms with Crippen LogP contribution in [0.1, 0.15) is 32.9 Å². The molecule has 0 atom stereocenters. The Labute approximate surface area is 139 Å².